The van der Waals surface area contributed by atoms with Crippen LogP contribution in [0.5, 0.6) is 5.75 Å². The average molecular weight is 400 g/mol. The molecule has 3 aliphatic rings. The third-order valence-corrected chi connectivity index (χ3v) is 6.71. The number of hydrogen-bond donors (Lipinski definition) is 1. The van der Waals surface area contributed by atoms with Crippen LogP contribution >= 0.6 is 0 Å². The Labute approximate surface area is 173 Å². The Morgan fingerprint density at radius 3 is 2.38 bits per heavy atom. The van der Waals surface area contributed by atoms with E-state index in [4.69, 9.17) is 10.5 Å². The maximum absolute atomic E-state index is 12.9. The Morgan fingerprint density at radius 1 is 1.07 bits per heavy atom. The number of likely N-dealkylation sites (tertiary alicyclic amines) is 2. The molecule has 0 radical (unpaired) electrons. The van der Waals surface area contributed by atoms with Crippen molar-refractivity contribution in [2.45, 2.75) is 58.1 Å². The van der Waals surface area contributed by atoms with E-state index in [2.05, 4.69) is 36.9 Å². The first-order chi connectivity index (χ1) is 13.8. The highest BCUT2D eigenvalue weighted by Gasteiger charge is 2.34. The van der Waals surface area contributed by atoms with Crippen molar-refractivity contribution in [1.82, 2.24) is 9.80 Å². The molecule has 0 atom stereocenters. The number of para-hydroxylation sites is 1. The standard InChI is InChI=1S/C23H33N3O3/c1-23(2)14-18-4-3-5-19(20(18)29-23)15-25-10-6-17(7-11-25)22(28)26-12-8-16(9-13-26)21(24)27/h3-5,16-17H,6-15H2,1-2H3,(H2,24,27). The van der Waals surface area contributed by atoms with Gasteiger partial charge in [-0.05, 0) is 58.2 Å². The predicted octanol–water partition coefficient (Wildman–Crippen LogP) is 2.34. The lowest BCUT2D eigenvalue weighted by molar-refractivity contribution is -0.140. The van der Waals surface area contributed by atoms with E-state index in [0.717, 1.165) is 44.6 Å². The molecule has 0 saturated carbocycles. The Bertz CT molecular complexity index is 776. The van der Waals surface area contributed by atoms with Crippen molar-refractivity contribution < 1.29 is 14.3 Å². The van der Waals surface area contributed by atoms with Gasteiger partial charge in [-0.2, -0.15) is 0 Å². The lowest BCUT2D eigenvalue weighted by Crippen LogP contribution is -2.46. The van der Waals surface area contributed by atoms with E-state index in [0.29, 0.717) is 25.9 Å². The van der Waals surface area contributed by atoms with Crippen LogP contribution in [0.15, 0.2) is 18.2 Å². The topological polar surface area (TPSA) is 75.9 Å². The van der Waals surface area contributed by atoms with Gasteiger partial charge < -0.3 is 15.4 Å². The summed E-state index contributed by atoms with van der Waals surface area (Å²) < 4.78 is 6.21. The molecule has 0 aliphatic carbocycles. The molecule has 2 fully saturated rings. The van der Waals surface area contributed by atoms with E-state index < -0.39 is 0 Å². The third kappa shape index (κ3) is 4.42. The molecule has 2 N–H and O–H groups in total. The summed E-state index contributed by atoms with van der Waals surface area (Å²) in [5, 5.41) is 0. The number of carbonyl (C=O) groups excluding carboxylic acids is 2. The summed E-state index contributed by atoms with van der Waals surface area (Å²) in [6, 6.07) is 6.46. The minimum atomic E-state index is -0.231. The summed E-state index contributed by atoms with van der Waals surface area (Å²) in [5.74, 6) is 1.13. The van der Waals surface area contributed by atoms with Gasteiger partial charge in [0.15, 0.2) is 0 Å². The highest BCUT2D eigenvalue weighted by molar-refractivity contribution is 5.80. The Balaban J connectivity index is 1.29. The number of amides is 2. The molecule has 158 valence electrons. The molecule has 3 heterocycles. The van der Waals surface area contributed by atoms with Gasteiger partial charge in [-0.1, -0.05) is 18.2 Å². The number of carbonyl (C=O) groups is 2. The van der Waals surface area contributed by atoms with Crippen molar-refractivity contribution in [1.29, 1.82) is 0 Å². The number of rotatable bonds is 4. The molecule has 6 nitrogen and oxygen atoms in total. The molecule has 0 unspecified atom stereocenters. The van der Waals surface area contributed by atoms with Crippen LogP contribution in [0.3, 0.4) is 0 Å². The Kier molecular flexibility index (Phi) is 5.56. The summed E-state index contributed by atoms with van der Waals surface area (Å²) in [4.78, 5) is 28.6. The molecule has 2 amide bonds. The van der Waals surface area contributed by atoms with Crippen molar-refractivity contribution in [2.75, 3.05) is 26.2 Å². The molecule has 2 saturated heterocycles. The second-order valence-corrected chi connectivity index (χ2v) is 9.50. The van der Waals surface area contributed by atoms with Gasteiger partial charge in [0, 0.05) is 43.5 Å². The number of ether oxygens (including phenoxy) is 1. The zero-order valence-corrected chi connectivity index (χ0v) is 17.7. The zero-order valence-electron chi connectivity index (χ0n) is 17.7. The first-order valence-electron chi connectivity index (χ1n) is 10.9. The summed E-state index contributed by atoms with van der Waals surface area (Å²) in [5.41, 5.74) is 7.84. The van der Waals surface area contributed by atoms with E-state index in [1.54, 1.807) is 0 Å². The summed E-state index contributed by atoms with van der Waals surface area (Å²) in [6.07, 6.45) is 4.16. The highest BCUT2D eigenvalue weighted by atomic mass is 16.5. The number of benzene rings is 1. The van der Waals surface area contributed by atoms with Crippen LogP contribution in [0.2, 0.25) is 0 Å². The van der Waals surface area contributed by atoms with E-state index in [1.807, 2.05) is 4.90 Å². The van der Waals surface area contributed by atoms with Crippen molar-refractivity contribution >= 4 is 11.8 Å². The average Bonchev–Trinajstić information content (AvgIpc) is 3.03. The number of piperidine rings is 2. The van der Waals surface area contributed by atoms with E-state index in [-0.39, 0.29) is 29.3 Å². The molecule has 1 aromatic carbocycles. The summed E-state index contributed by atoms with van der Waals surface area (Å²) in [6.45, 7) is 8.35. The van der Waals surface area contributed by atoms with E-state index in [1.165, 1.54) is 11.1 Å². The highest BCUT2D eigenvalue weighted by Crippen LogP contribution is 2.38. The maximum atomic E-state index is 12.9. The van der Waals surface area contributed by atoms with Crippen LogP contribution in [0.25, 0.3) is 0 Å². The van der Waals surface area contributed by atoms with Gasteiger partial charge in [0.2, 0.25) is 11.8 Å². The molecule has 0 spiro atoms. The maximum Gasteiger partial charge on any atom is 0.225 e. The van der Waals surface area contributed by atoms with E-state index >= 15 is 0 Å². The van der Waals surface area contributed by atoms with Gasteiger partial charge in [-0.15, -0.1) is 0 Å². The van der Waals surface area contributed by atoms with Crippen LogP contribution in [0.4, 0.5) is 0 Å². The minimum absolute atomic E-state index is 0.0688. The van der Waals surface area contributed by atoms with Crippen LogP contribution in [-0.2, 0) is 22.6 Å². The van der Waals surface area contributed by atoms with Crippen molar-refractivity contribution in [2.24, 2.45) is 17.6 Å². The molecule has 6 heteroatoms. The minimum Gasteiger partial charge on any atom is -0.487 e. The van der Waals surface area contributed by atoms with Gasteiger partial charge in [0.1, 0.15) is 11.4 Å². The SMILES string of the molecule is CC1(C)Cc2cccc(CN3CCC(C(=O)N4CCC(C(N)=O)CC4)CC3)c2O1. The zero-order chi connectivity index (χ0) is 20.6. The fraction of sp³-hybridized carbons (Fsp3) is 0.652. The smallest absolute Gasteiger partial charge is 0.225 e. The van der Waals surface area contributed by atoms with E-state index in [9.17, 15) is 9.59 Å². The molecule has 29 heavy (non-hydrogen) atoms. The van der Waals surface area contributed by atoms with Crippen molar-refractivity contribution in [3.8, 4) is 5.75 Å². The first-order valence-corrected chi connectivity index (χ1v) is 10.9. The number of hydrogen-bond acceptors (Lipinski definition) is 4. The van der Waals surface area contributed by atoms with Gasteiger partial charge >= 0.3 is 0 Å². The largest absolute Gasteiger partial charge is 0.487 e. The second-order valence-electron chi connectivity index (χ2n) is 9.50. The van der Waals surface area contributed by atoms with Gasteiger partial charge in [-0.25, -0.2) is 0 Å². The van der Waals surface area contributed by atoms with Crippen LogP contribution in [0, 0.1) is 11.8 Å². The summed E-state index contributed by atoms with van der Waals surface area (Å²) >= 11 is 0. The fourth-order valence-electron chi connectivity index (χ4n) is 5.03. The monoisotopic (exact) mass is 399 g/mol. The lowest BCUT2D eigenvalue weighted by Gasteiger charge is -2.37. The van der Waals surface area contributed by atoms with Gasteiger partial charge in [0.05, 0.1) is 0 Å². The molecule has 4 rings (SSSR count). The molecule has 1 aromatic rings. The number of nitrogens with two attached hydrogens (primary N) is 1. The number of nitrogens with zero attached hydrogens (tertiary/aromatic N) is 2. The van der Waals surface area contributed by atoms with Crippen molar-refractivity contribution in [3.63, 3.8) is 0 Å². The molecule has 0 bridgehead atoms. The van der Waals surface area contributed by atoms with Gasteiger partial charge in [-0.3, -0.25) is 14.5 Å². The molecular weight excluding hydrogens is 366 g/mol. The second kappa shape index (κ2) is 7.98. The third-order valence-electron chi connectivity index (χ3n) is 6.71. The molecule has 3 aliphatic heterocycles. The van der Waals surface area contributed by atoms with Crippen LogP contribution in [0.1, 0.15) is 50.7 Å². The number of fused-ring (bicyclic) bond motifs is 1. The fourth-order valence-corrected chi connectivity index (χ4v) is 5.03. The Morgan fingerprint density at radius 2 is 1.72 bits per heavy atom. The van der Waals surface area contributed by atoms with Crippen molar-refractivity contribution in [3.05, 3.63) is 29.3 Å². The summed E-state index contributed by atoms with van der Waals surface area (Å²) in [7, 11) is 0. The predicted molar refractivity (Wildman–Crippen MR) is 111 cm³/mol. The van der Waals surface area contributed by atoms with Crippen LogP contribution in [-0.4, -0.2) is 53.4 Å². The number of primary amides is 1. The quantitative estimate of drug-likeness (QED) is 0.843. The first kappa shape index (κ1) is 20.2. The normalized spacial score (nSPS) is 22.9. The molecular formula is C23H33N3O3. The molecule has 0 aromatic heterocycles. The lowest BCUT2D eigenvalue weighted by atomic mass is 9.91. The Hall–Kier alpha value is -2.08. The van der Waals surface area contributed by atoms with Crippen LogP contribution < -0.4 is 10.5 Å². The van der Waals surface area contributed by atoms with Gasteiger partial charge in [0.25, 0.3) is 0 Å².